The molecule has 1 aliphatic heterocycles. The predicted molar refractivity (Wildman–Crippen MR) is 92.0 cm³/mol. The topological polar surface area (TPSA) is 57.8 Å². The summed E-state index contributed by atoms with van der Waals surface area (Å²) in [5, 5.41) is 9.97. The summed E-state index contributed by atoms with van der Waals surface area (Å²) in [4.78, 5) is 19.1. The van der Waals surface area contributed by atoms with Crippen LogP contribution in [0.1, 0.15) is 23.2 Å². The normalized spacial score (nSPS) is 15.2. The van der Waals surface area contributed by atoms with Crippen molar-refractivity contribution < 1.29 is 5.11 Å². The number of benzene rings is 1. The second kappa shape index (κ2) is 6.09. The molecule has 4 rings (SSSR count). The monoisotopic (exact) mass is 321 g/mol. The van der Waals surface area contributed by atoms with Crippen molar-refractivity contribution in [2.75, 3.05) is 6.54 Å². The van der Waals surface area contributed by atoms with Crippen LogP contribution in [0, 0.1) is 0 Å². The summed E-state index contributed by atoms with van der Waals surface area (Å²) >= 11 is 0. The molecule has 1 N–H and O–H groups in total. The van der Waals surface area contributed by atoms with E-state index >= 15 is 0 Å². The molecule has 0 atom stereocenters. The lowest BCUT2D eigenvalue weighted by atomic mass is 10.0. The average molecular weight is 321 g/mol. The van der Waals surface area contributed by atoms with Crippen LogP contribution in [0.5, 0.6) is 5.75 Å². The van der Waals surface area contributed by atoms with Crippen LogP contribution in [0.25, 0.3) is 5.65 Å². The van der Waals surface area contributed by atoms with E-state index in [0.717, 1.165) is 25.9 Å². The number of rotatable bonds is 2. The fourth-order valence-corrected chi connectivity index (χ4v) is 3.37. The van der Waals surface area contributed by atoms with Crippen molar-refractivity contribution in [2.45, 2.75) is 25.9 Å². The standard InChI is InChI=1S/C19H19N3O2/c23-17-8-4-10-22-18(24)11-16(20-19(17)22)13-21-9-3-7-14-5-1-2-6-15(14)12-21/h1-2,4-6,8,10-11,23H,3,7,9,12-13H2. The Hall–Kier alpha value is -2.66. The van der Waals surface area contributed by atoms with Crippen molar-refractivity contribution >= 4 is 5.65 Å². The van der Waals surface area contributed by atoms with E-state index in [9.17, 15) is 9.90 Å². The van der Waals surface area contributed by atoms with Crippen LogP contribution in [0.15, 0.2) is 53.5 Å². The van der Waals surface area contributed by atoms with Gasteiger partial charge in [0, 0.05) is 25.4 Å². The molecule has 0 amide bonds. The van der Waals surface area contributed by atoms with Crippen molar-refractivity contribution in [1.82, 2.24) is 14.3 Å². The van der Waals surface area contributed by atoms with Gasteiger partial charge in [-0.25, -0.2) is 4.98 Å². The van der Waals surface area contributed by atoms with E-state index < -0.39 is 0 Å². The third-order valence-electron chi connectivity index (χ3n) is 4.54. The van der Waals surface area contributed by atoms with Gasteiger partial charge in [0.2, 0.25) is 0 Å². The summed E-state index contributed by atoms with van der Waals surface area (Å²) in [5.41, 5.74) is 3.59. The molecule has 0 spiro atoms. The van der Waals surface area contributed by atoms with Gasteiger partial charge in [0.1, 0.15) is 0 Å². The summed E-state index contributed by atoms with van der Waals surface area (Å²) < 4.78 is 1.37. The first-order chi connectivity index (χ1) is 11.7. The number of aromatic hydroxyl groups is 1. The minimum absolute atomic E-state index is 0.0256. The molecule has 122 valence electrons. The van der Waals surface area contributed by atoms with Crippen LogP contribution in [0.2, 0.25) is 0 Å². The number of aryl methyl sites for hydroxylation is 1. The molecular weight excluding hydrogens is 302 g/mol. The summed E-state index contributed by atoms with van der Waals surface area (Å²) in [7, 11) is 0. The molecular formula is C19H19N3O2. The van der Waals surface area contributed by atoms with E-state index in [0.29, 0.717) is 17.9 Å². The zero-order valence-electron chi connectivity index (χ0n) is 13.4. The Labute approximate surface area is 139 Å². The van der Waals surface area contributed by atoms with Gasteiger partial charge in [0.15, 0.2) is 11.4 Å². The van der Waals surface area contributed by atoms with E-state index in [-0.39, 0.29) is 11.3 Å². The van der Waals surface area contributed by atoms with Gasteiger partial charge in [-0.05, 0) is 42.6 Å². The SMILES string of the molecule is O=c1cc(CN2CCCc3ccccc3C2)nc2c(O)cccn12. The van der Waals surface area contributed by atoms with E-state index in [4.69, 9.17) is 0 Å². The number of aromatic nitrogens is 2. The number of hydrogen-bond donors (Lipinski definition) is 1. The maximum atomic E-state index is 12.3. The minimum atomic E-state index is -0.166. The fourth-order valence-electron chi connectivity index (χ4n) is 3.37. The summed E-state index contributed by atoms with van der Waals surface area (Å²) in [5.74, 6) is 0.0256. The van der Waals surface area contributed by atoms with Crippen LogP contribution in [0.4, 0.5) is 0 Å². The number of pyridine rings is 1. The highest BCUT2D eigenvalue weighted by Crippen LogP contribution is 2.20. The lowest BCUT2D eigenvalue weighted by Gasteiger charge is -2.20. The van der Waals surface area contributed by atoms with Crippen molar-refractivity contribution in [1.29, 1.82) is 0 Å². The third kappa shape index (κ3) is 2.78. The summed E-state index contributed by atoms with van der Waals surface area (Å²) in [6.07, 6.45) is 3.80. The van der Waals surface area contributed by atoms with E-state index in [1.165, 1.54) is 15.5 Å². The molecule has 0 fully saturated rings. The highest BCUT2D eigenvalue weighted by molar-refractivity contribution is 5.52. The predicted octanol–water partition coefficient (Wildman–Crippen LogP) is 2.35. The van der Waals surface area contributed by atoms with Crippen LogP contribution >= 0.6 is 0 Å². The minimum Gasteiger partial charge on any atom is -0.504 e. The quantitative estimate of drug-likeness (QED) is 0.787. The Morgan fingerprint density at radius 2 is 1.96 bits per heavy atom. The van der Waals surface area contributed by atoms with E-state index in [1.807, 2.05) is 0 Å². The Morgan fingerprint density at radius 1 is 1.12 bits per heavy atom. The summed E-state index contributed by atoms with van der Waals surface area (Å²) in [6.45, 7) is 2.43. The van der Waals surface area contributed by atoms with E-state index in [2.05, 4.69) is 34.1 Å². The molecule has 0 saturated carbocycles. The molecule has 5 heteroatoms. The third-order valence-corrected chi connectivity index (χ3v) is 4.54. The average Bonchev–Trinajstić information content (AvgIpc) is 2.77. The maximum Gasteiger partial charge on any atom is 0.258 e. The van der Waals surface area contributed by atoms with E-state index in [1.54, 1.807) is 24.4 Å². The molecule has 2 aromatic heterocycles. The second-order valence-corrected chi connectivity index (χ2v) is 6.26. The van der Waals surface area contributed by atoms with Gasteiger partial charge in [0.25, 0.3) is 5.56 Å². The molecule has 1 aliphatic rings. The van der Waals surface area contributed by atoms with Gasteiger partial charge in [-0.3, -0.25) is 14.1 Å². The Kier molecular flexibility index (Phi) is 3.78. The van der Waals surface area contributed by atoms with Crippen LogP contribution in [-0.2, 0) is 19.5 Å². The molecule has 0 unspecified atom stereocenters. The van der Waals surface area contributed by atoms with Crippen LogP contribution in [-0.4, -0.2) is 25.9 Å². The molecule has 0 radical (unpaired) electrons. The zero-order valence-corrected chi connectivity index (χ0v) is 13.4. The molecule has 3 heterocycles. The van der Waals surface area contributed by atoms with Gasteiger partial charge in [-0.2, -0.15) is 0 Å². The first kappa shape index (κ1) is 14.9. The molecule has 24 heavy (non-hydrogen) atoms. The van der Waals surface area contributed by atoms with Crippen molar-refractivity contribution in [3.05, 3.63) is 75.8 Å². The Morgan fingerprint density at radius 3 is 2.83 bits per heavy atom. The first-order valence-corrected chi connectivity index (χ1v) is 8.20. The second-order valence-electron chi connectivity index (χ2n) is 6.26. The highest BCUT2D eigenvalue weighted by atomic mass is 16.3. The molecule has 0 bridgehead atoms. The van der Waals surface area contributed by atoms with Gasteiger partial charge in [-0.15, -0.1) is 0 Å². The van der Waals surface area contributed by atoms with Crippen LogP contribution < -0.4 is 5.56 Å². The van der Waals surface area contributed by atoms with Gasteiger partial charge < -0.3 is 5.11 Å². The Balaban J connectivity index is 1.65. The van der Waals surface area contributed by atoms with Crippen LogP contribution in [0.3, 0.4) is 0 Å². The Bertz CT molecular complexity index is 949. The smallest absolute Gasteiger partial charge is 0.258 e. The van der Waals surface area contributed by atoms with Gasteiger partial charge >= 0.3 is 0 Å². The van der Waals surface area contributed by atoms with Crippen molar-refractivity contribution in [2.24, 2.45) is 0 Å². The summed E-state index contributed by atoms with van der Waals surface area (Å²) in [6, 6.07) is 13.3. The number of fused-ring (bicyclic) bond motifs is 2. The largest absolute Gasteiger partial charge is 0.504 e. The van der Waals surface area contributed by atoms with Gasteiger partial charge in [-0.1, -0.05) is 24.3 Å². The molecule has 0 aliphatic carbocycles. The van der Waals surface area contributed by atoms with Gasteiger partial charge in [0.05, 0.1) is 5.69 Å². The lowest BCUT2D eigenvalue weighted by molar-refractivity contribution is 0.258. The van der Waals surface area contributed by atoms with Crippen molar-refractivity contribution in [3.63, 3.8) is 0 Å². The molecule has 1 aromatic carbocycles. The lowest BCUT2D eigenvalue weighted by Crippen LogP contribution is -2.25. The highest BCUT2D eigenvalue weighted by Gasteiger charge is 2.15. The van der Waals surface area contributed by atoms with Crippen molar-refractivity contribution in [3.8, 4) is 5.75 Å². The number of hydrogen-bond acceptors (Lipinski definition) is 4. The first-order valence-electron chi connectivity index (χ1n) is 8.20. The number of nitrogens with zero attached hydrogens (tertiary/aromatic N) is 3. The fraction of sp³-hybridized carbons (Fsp3) is 0.263. The maximum absolute atomic E-state index is 12.3. The molecule has 0 saturated heterocycles. The zero-order chi connectivity index (χ0) is 16.5. The molecule has 5 nitrogen and oxygen atoms in total. The molecule has 3 aromatic rings.